The Morgan fingerprint density at radius 1 is 1.11 bits per heavy atom. The van der Waals surface area contributed by atoms with Crippen LogP contribution in [0.1, 0.15) is 51.4 Å². The maximum Gasteiger partial charge on any atom is 0.239 e. The van der Waals surface area contributed by atoms with Crippen molar-refractivity contribution in [2.45, 2.75) is 63.5 Å². The molecule has 0 spiro atoms. The van der Waals surface area contributed by atoms with Crippen LogP contribution in [0.15, 0.2) is 0 Å². The third-order valence-electron chi connectivity index (χ3n) is 5.05. The maximum absolute atomic E-state index is 12.4. The van der Waals surface area contributed by atoms with E-state index in [2.05, 4.69) is 5.32 Å². The number of nitrogens with zero attached hydrogens (tertiary/aromatic N) is 1. The van der Waals surface area contributed by atoms with E-state index in [1.165, 1.54) is 44.9 Å². The molecule has 0 bridgehead atoms. The highest BCUT2D eigenvalue weighted by Gasteiger charge is 2.36. The second kappa shape index (κ2) is 5.20. The molecular formula is C15H26N2O. The molecule has 18 heavy (non-hydrogen) atoms. The van der Waals surface area contributed by atoms with Crippen molar-refractivity contribution in [2.75, 3.05) is 13.6 Å². The van der Waals surface area contributed by atoms with Gasteiger partial charge in [-0.05, 0) is 50.4 Å². The lowest BCUT2D eigenvalue weighted by Gasteiger charge is -2.40. The molecule has 102 valence electrons. The van der Waals surface area contributed by atoms with Gasteiger partial charge in [0.1, 0.15) is 0 Å². The summed E-state index contributed by atoms with van der Waals surface area (Å²) in [4.78, 5) is 14.4. The van der Waals surface area contributed by atoms with Crippen molar-refractivity contribution in [3.8, 4) is 0 Å². The first-order chi connectivity index (χ1) is 8.74. The number of carbonyl (C=O) groups is 1. The minimum Gasteiger partial charge on any atom is -0.344 e. The highest BCUT2D eigenvalue weighted by molar-refractivity contribution is 5.81. The minimum absolute atomic E-state index is 0.105. The van der Waals surface area contributed by atoms with Crippen molar-refractivity contribution in [1.29, 1.82) is 0 Å². The Morgan fingerprint density at radius 3 is 2.67 bits per heavy atom. The molecule has 1 heterocycles. The van der Waals surface area contributed by atoms with Crippen LogP contribution in [0.2, 0.25) is 0 Å². The van der Waals surface area contributed by atoms with Gasteiger partial charge in [0.25, 0.3) is 0 Å². The van der Waals surface area contributed by atoms with Crippen LogP contribution in [0.25, 0.3) is 0 Å². The van der Waals surface area contributed by atoms with Crippen LogP contribution in [0.3, 0.4) is 0 Å². The normalized spacial score (nSPS) is 35.9. The number of piperidine rings is 1. The molecule has 1 N–H and O–H groups in total. The third-order valence-corrected chi connectivity index (χ3v) is 5.05. The molecule has 1 saturated heterocycles. The molecule has 3 fully saturated rings. The fourth-order valence-corrected chi connectivity index (χ4v) is 3.73. The van der Waals surface area contributed by atoms with Gasteiger partial charge in [-0.3, -0.25) is 4.79 Å². The molecule has 3 aliphatic rings. The smallest absolute Gasteiger partial charge is 0.239 e. The van der Waals surface area contributed by atoms with Crippen LogP contribution < -0.4 is 5.32 Å². The Kier molecular flexibility index (Phi) is 3.60. The number of rotatable bonds is 3. The van der Waals surface area contributed by atoms with Gasteiger partial charge in [-0.15, -0.1) is 0 Å². The minimum atomic E-state index is 0.105. The average Bonchev–Trinajstić information content (AvgIpc) is 3.21. The molecule has 2 saturated carbocycles. The zero-order valence-electron chi connectivity index (χ0n) is 11.5. The van der Waals surface area contributed by atoms with E-state index in [-0.39, 0.29) is 6.04 Å². The first kappa shape index (κ1) is 12.5. The van der Waals surface area contributed by atoms with E-state index in [0.717, 1.165) is 24.8 Å². The molecule has 0 radical (unpaired) electrons. The number of hydrogen-bond donors (Lipinski definition) is 1. The Balaban J connectivity index is 1.53. The van der Waals surface area contributed by atoms with Crippen LogP contribution in [-0.2, 0) is 4.79 Å². The van der Waals surface area contributed by atoms with Gasteiger partial charge in [0.05, 0.1) is 6.04 Å². The highest BCUT2D eigenvalue weighted by Crippen LogP contribution is 2.33. The first-order valence-corrected chi connectivity index (χ1v) is 7.75. The molecule has 2 aliphatic carbocycles. The molecule has 0 aromatic carbocycles. The van der Waals surface area contributed by atoms with E-state index in [9.17, 15) is 4.79 Å². The molecule has 3 heteroatoms. The molecule has 3 atom stereocenters. The molecule has 0 aromatic rings. The van der Waals surface area contributed by atoms with E-state index in [1.807, 2.05) is 11.9 Å². The zero-order chi connectivity index (χ0) is 12.5. The van der Waals surface area contributed by atoms with Crippen molar-refractivity contribution in [1.82, 2.24) is 10.2 Å². The lowest BCUT2D eigenvalue weighted by atomic mass is 9.77. The average molecular weight is 250 g/mol. The summed E-state index contributed by atoms with van der Waals surface area (Å²) in [6, 6.07) is 0.726. The zero-order valence-corrected chi connectivity index (χ0v) is 11.5. The molecular weight excluding hydrogens is 224 g/mol. The summed E-state index contributed by atoms with van der Waals surface area (Å²) in [5.41, 5.74) is 0. The SMILES string of the molecule is CN(CC1CC1)C(=O)C1CCC2CCCCC2N1. The monoisotopic (exact) mass is 250 g/mol. The summed E-state index contributed by atoms with van der Waals surface area (Å²) in [6.07, 6.45) is 10.3. The summed E-state index contributed by atoms with van der Waals surface area (Å²) in [6.45, 7) is 0.977. The van der Waals surface area contributed by atoms with Crippen LogP contribution in [0.4, 0.5) is 0 Å². The molecule has 3 unspecified atom stereocenters. The van der Waals surface area contributed by atoms with E-state index in [0.29, 0.717) is 11.9 Å². The Labute approximate surface area is 110 Å². The molecule has 0 aromatic heterocycles. The van der Waals surface area contributed by atoms with Crippen molar-refractivity contribution < 1.29 is 4.79 Å². The number of carbonyl (C=O) groups excluding carboxylic acids is 1. The van der Waals surface area contributed by atoms with Gasteiger partial charge in [-0.2, -0.15) is 0 Å². The first-order valence-electron chi connectivity index (χ1n) is 7.75. The van der Waals surface area contributed by atoms with E-state index in [4.69, 9.17) is 0 Å². The third kappa shape index (κ3) is 2.71. The second-order valence-electron chi connectivity index (χ2n) is 6.61. The summed E-state index contributed by atoms with van der Waals surface area (Å²) >= 11 is 0. The van der Waals surface area contributed by atoms with Gasteiger partial charge in [0.2, 0.25) is 5.91 Å². The van der Waals surface area contributed by atoms with Gasteiger partial charge >= 0.3 is 0 Å². The Hall–Kier alpha value is -0.570. The van der Waals surface area contributed by atoms with Crippen molar-refractivity contribution in [3.63, 3.8) is 0 Å². The fourth-order valence-electron chi connectivity index (χ4n) is 3.73. The van der Waals surface area contributed by atoms with Crippen molar-refractivity contribution in [3.05, 3.63) is 0 Å². The van der Waals surface area contributed by atoms with Crippen LogP contribution in [-0.4, -0.2) is 36.5 Å². The predicted molar refractivity (Wildman–Crippen MR) is 72.3 cm³/mol. The number of fused-ring (bicyclic) bond motifs is 1. The van der Waals surface area contributed by atoms with E-state index >= 15 is 0 Å². The van der Waals surface area contributed by atoms with Gasteiger partial charge < -0.3 is 10.2 Å². The maximum atomic E-state index is 12.4. The molecule has 3 rings (SSSR count). The number of amides is 1. The topological polar surface area (TPSA) is 32.3 Å². The van der Waals surface area contributed by atoms with Gasteiger partial charge in [0, 0.05) is 19.6 Å². The van der Waals surface area contributed by atoms with E-state index < -0.39 is 0 Å². The van der Waals surface area contributed by atoms with Gasteiger partial charge in [0.15, 0.2) is 0 Å². The second-order valence-corrected chi connectivity index (χ2v) is 6.61. The van der Waals surface area contributed by atoms with Crippen LogP contribution in [0, 0.1) is 11.8 Å². The Morgan fingerprint density at radius 2 is 1.89 bits per heavy atom. The molecule has 1 aliphatic heterocycles. The lowest BCUT2D eigenvalue weighted by molar-refractivity contribution is -0.133. The number of nitrogens with one attached hydrogen (secondary N) is 1. The summed E-state index contributed by atoms with van der Waals surface area (Å²) in [5, 5.41) is 3.64. The largest absolute Gasteiger partial charge is 0.344 e. The number of likely N-dealkylation sites (N-methyl/N-ethyl adjacent to an activating group) is 1. The van der Waals surface area contributed by atoms with Crippen molar-refractivity contribution >= 4 is 5.91 Å². The van der Waals surface area contributed by atoms with Crippen LogP contribution >= 0.6 is 0 Å². The van der Waals surface area contributed by atoms with Gasteiger partial charge in [-0.1, -0.05) is 12.8 Å². The van der Waals surface area contributed by atoms with Gasteiger partial charge in [-0.25, -0.2) is 0 Å². The summed E-state index contributed by atoms with van der Waals surface area (Å²) in [7, 11) is 1.98. The summed E-state index contributed by atoms with van der Waals surface area (Å²) in [5.74, 6) is 1.98. The van der Waals surface area contributed by atoms with Crippen LogP contribution in [0.5, 0.6) is 0 Å². The Bertz CT molecular complexity index is 314. The summed E-state index contributed by atoms with van der Waals surface area (Å²) < 4.78 is 0. The lowest BCUT2D eigenvalue weighted by Crippen LogP contribution is -2.55. The van der Waals surface area contributed by atoms with E-state index in [1.54, 1.807) is 0 Å². The highest BCUT2D eigenvalue weighted by atomic mass is 16.2. The number of hydrogen-bond acceptors (Lipinski definition) is 2. The van der Waals surface area contributed by atoms with Crippen molar-refractivity contribution in [2.24, 2.45) is 11.8 Å². The molecule has 3 nitrogen and oxygen atoms in total. The predicted octanol–water partition coefficient (Wildman–Crippen LogP) is 2.17. The quantitative estimate of drug-likeness (QED) is 0.832. The standard InChI is InChI=1S/C15H26N2O/c1-17(10-11-6-7-11)15(18)14-9-8-12-4-2-3-5-13(12)16-14/h11-14,16H,2-10H2,1H3. The fraction of sp³-hybridized carbons (Fsp3) is 0.933. The molecule has 1 amide bonds.